The molecule has 1 aromatic rings. The van der Waals surface area contributed by atoms with Crippen LogP contribution in [0.5, 0.6) is 0 Å². The van der Waals surface area contributed by atoms with Gasteiger partial charge in [0.15, 0.2) is 6.10 Å². The van der Waals surface area contributed by atoms with Crippen molar-refractivity contribution in [2.45, 2.75) is 13.0 Å². The van der Waals surface area contributed by atoms with Crippen molar-refractivity contribution in [3.8, 4) is 0 Å². The number of aliphatic hydroxyl groups is 1. The van der Waals surface area contributed by atoms with Crippen LogP contribution in [-0.2, 0) is 9.53 Å². The van der Waals surface area contributed by atoms with E-state index in [1.807, 2.05) is 6.92 Å². The zero-order valence-corrected chi connectivity index (χ0v) is 10.1. The highest BCUT2D eigenvalue weighted by molar-refractivity contribution is 5.81. The normalized spacial score (nSPS) is 18.8. The highest BCUT2D eigenvalue weighted by atomic mass is 19.1. The first-order valence-electron chi connectivity index (χ1n) is 5.79. The number of benzene rings is 1. The number of rotatable bonds is 4. The van der Waals surface area contributed by atoms with Gasteiger partial charge in [-0.25, -0.2) is 4.39 Å². The standard InChI is InChI=1S/C13H16FNO3/c1-13(7-18-8-13)6-15-12(17)11(16)9-3-2-4-10(14)5-9/h2-5,11,16H,6-8H2,1H3,(H,15,17)/t11-/m1/s1. The molecule has 1 aliphatic heterocycles. The third-order valence-electron chi connectivity index (χ3n) is 3.00. The average Bonchev–Trinajstić information content (AvgIpc) is 2.32. The number of carbonyl (C=O) groups is 1. The molecule has 0 spiro atoms. The molecule has 0 bridgehead atoms. The van der Waals surface area contributed by atoms with Gasteiger partial charge in [-0.3, -0.25) is 4.79 Å². The lowest BCUT2D eigenvalue weighted by atomic mass is 9.88. The lowest BCUT2D eigenvalue weighted by Gasteiger charge is -2.38. The molecule has 18 heavy (non-hydrogen) atoms. The van der Waals surface area contributed by atoms with E-state index in [4.69, 9.17) is 4.74 Å². The van der Waals surface area contributed by atoms with Crippen LogP contribution in [-0.4, -0.2) is 30.8 Å². The van der Waals surface area contributed by atoms with Gasteiger partial charge in [0.25, 0.3) is 5.91 Å². The summed E-state index contributed by atoms with van der Waals surface area (Å²) in [5.41, 5.74) is 0.194. The Morgan fingerprint density at radius 2 is 2.33 bits per heavy atom. The van der Waals surface area contributed by atoms with Crippen LogP contribution in [0.3, 0.4) is 0 Å². The summed E-state index contributed by atoms with van der Waals surface area (Å²) < 4.78 is 18.0. The first-order valence-corrected chi connectivity index (χ1v) is 5.79. The molecule has 1 aromatic carbocycles. The maximum absolute atomic E-state index is 13.0. The Balaban J connectivity index is 1.92. The van der Waals surface area contributed by atoms with E-state index < -0.39 is 17.8 Å². The van der Waals surface area contributed by atoms with Crippen LogP contribution in [0.2, 0.25) is 0 Å². The smallest absolute Gasteiger partial charge is 0.253 e. The number of ether oxygens (including phenoxy) is 1. The van der Waals surface area contributed by atoms with Crippen molar-refractivity contribution in [3.63, 3.8) is 0 Å². The number of halogens is 1. The summed E-state index contributed by atoms with van der Waals surface area (Å²) in [5, 5.41) is 12.4. The zero-order chi connectivity index (χ0) is 13.2. The Morgan fingerprint density at radius 1 is 1.61 bits per heavy atom. The largest absolute Gasteiger partial charge is 0.380 e. The molecule has 1 atom stereocenters. The van der Waals surface area contributed by atoms with Gasteiger partial charge in [0, 0.05) is 12.0 Å². The van der Waals surface area contributed by atoms with Crippen LogP contribution in [0.1, 0.15) is 18.6 Å². The molecule has 0 unspecified atom stereocenters. The van der Waals surface area contributed by atoms with Crippen LogP contribution in [0.4, 0.5) is 4.39 Å². The first-order chi connectivity index (χ1) is 8.50. The minimum atomic E-state index is -1.34. The van der Waals surface area contributed by atoms with Crippen molar-refractivity contribution < 1.29 is 19.0 Å². The second-order valence-corrected chi connectivity index (χ2v) is 4.98. The maximum Gasteiger partial charge on any atom is 0.253 e. The van der Waals surface area contributed by atoms with Crippen LogP contribution in [0.15, 0.2) is 24.3 Å². The van der Waals surface area contributed by atoms with Gasteiger partial charge < -0.3 is 15.2 Å². The molecule has 1 amide bonds. The maximum atomic E-state index is 13.0. The van der Waals surface area contributed by atoms with E-state index in [1.54, 1.807) is 0 Å². The van der Waals surface area contributed by atoms with Gasteiger partial charge in [-0.05, 0) is 17.7 Å². The molecule has 0 aromatic heterocycles. The van der Waals surface area contributed by atoms with Gasteiger partial charge >= 0.3 is 0 Å². The van der Waals surface area contributed by atoms with E-state index in [1.165, 1.54) is 18.2 Å². The van der Waals surface area contributed by atoms with Crippen molar-refractivity contribution >= 4 is 5.91 Å². The summed E-state index contributed by atoms with van der Waals surface area (Å²) in [4.78, 5) is 11.7. The van der Waals surface area contributed by atoms with Gasteiger partial charge in [0.05, 0.1) is 13.2 Å². The molecular formula is C13H16FNO3. The van der Waals surface area contributed by atoms with E-state index in [2.05, 4.69) is 5.32 Å². The Morgan fingerprint density at radius 3 is 2.89 bits per heavy atom. The second kappa shape index (κ2) is 5.04. The number of hydrogen-bond donors (Lipinski definition) is 2. The van der Waals surface area contributed by atoms with E-state index in [9.17, 15) is 14.3 Å². The van der Waals surface area contributed by atoms with Crippen molar-refractivity contribution in [3.05, 3.63) is 35.6 Å². The molecule has 1 heterocycles. The second-order valence-electron chi connectivity index (χ2n) is 4.98. The molecular weight excluding hydrogens is 237 g/mol. The minimum absolute atomic E-state index is 0.0582. The monoisotopic (exact) mass is 253 g/mol. The predicted molar refractivity (Wildman–Crippen MR) is 63.3 cm³/mol. The fourth-order valence-electron chi connectivity index (χ4n) is 1.78. The molecule has 1 aliphatic rings. The summed E-state index contributed by atoms with van der Waals surface area (Å²) >= 11 is 0. The van der Waals surface area contributed by atoms with Crippen LogP contribution in [0.25, 0.3) is 0 Å². The molecule has 1 fully saturated rings. The van der Waals surface area contributed by atoms with Crippen molar-refractivity contribution in [1.82, 2.24) is 5.32 Å². The SMILES string of the molecule is CC1(CNC(=O)[C@H](O)c2cccc(F)c2)COC1. The number of amides is 1. The van der Waals surface area contributed by atoms with Crippen LogP contribution >= 0.6 is 0 Å². The highest BCUT2D eigenvalue weighted by Gasteiger charge is 2.34. The summed E-state index contributed by atoms with van der Waals surface area (Å²) in [5.74, 6) is -0.993. The van der Waals surface area contributed by atoms with E-state index in [-0.39, 0.29) is 11.0 Å². The number of aliphatic hydroxyl groups excluding tert-OH is 1. The van der Waals surface area contributed by atoms with Crippen molar-refractivity contribution in [2.75, 3.05) is 19.8 Å². The van der Waals surface area contributed by atoms with Crippen LogP contribution in [0, 0.1) is 11.2 Å². The minimum Gasteiger partial charge on any atom is -0.380 e. The molecule has 98 valence electrons. The first kappa shape index (κ1) is 13.0. The lowest BCUT2D eigenvalue weighted by molar-refractivity contribution is -0.134. The quantitative estimate of drug-likeness (QED) is 0.842. The number of hydrogen-bond acceptors (Lipinski definition) is 3. The molecule has 5 heteroatoms. The molecule has 0 radical (unpaired) electrons. The lowest BCUT2D eigenvalue weighted by Crippen LogP contribution is -2.49. The molecule has 0 aliphatic carbocycles. The molecule has 2 rings (SSSR count). The van der Waals surface area contributed by atoms with Gasteiger partial charge in [-0.15, -0.1) is 0 Å². The zero-order valence-electron chi connectivity index (χ0n) is 10.1. The Labute approximate surface area is 105 Å². The molecule has 1 saturated heterocycles. The predicted octanol–water partition coefficient (Wildman–Crippen LogP) is 1.01. The van der Waals surface area contributed by atoms with Gasteiger partial charge in [-0.2, -0.15) is 0 Å². The fraction of sp³-hybridized carbons (Fsp3) is 0.462. The Bertz CT molecular complexity index is 446. The summed E-state index contributed by atoms with van der Waals surface area (Å²) in [6.45, 7) is 3.64. The molecule has 4 nitrogen and oxygen atoms in total. The molecule has 2 N–H and O–H groups in total. The van der Waals surface area contributed by atoms with Gasteiger partial charge in [0.1, 0.15) is 5.82 Å². The van der Waals surface area contributed by atoms with Crippen molar-refractivity contribution in [2.24, 2.45) is 5.41 Å². The van der Waals surface area contributed by atoms with Crippen molar-refractivity contribution in [1.29, 1.82) is 0 Å². The van der Waals surface area contributed by atoms with E-state index in [0.717, 1.165) is 6.07 Å². The fourth-order valence-corrected chi connectivity index (χ4v) is 1.78. The Kier molecular flexibility index (Phi) is 3.63. The van der Waals surface area contributed by atoms with Gasteiger partial charge in [0.2, 0.25) is 0 Å². The summed E-state index contributed by atoms with van der Waals surface area (Å²) in [6.07, 6.45) is -1.34. The average molecular weight is 253 g/mol. The summed E-state index contributed by atoms with van der Waals surface area (Å²) in [6, 6.07) is 5.39. The topological polar surface area (TPSA) is 58.6 Å². The van der Waals surface area contributed by atoms with Gasteiger partial charge in [-0.1, -0.05) is 19.1 Å². The van der Waals surface area contributed by atoms with E-state index in [0.29, 0.717) is 19.8 Å². The van der Waals surface area contributed by atoms with Crippen LogP contribution < -0.4 is 5.32 Å². The third-order valence-corrected chi connectivity index (χ3v) is 3.00. The summed E-state index contributed by atoms with van der Waals surface area (Å²) in [7, 11) is 0. The highest BCUT2D eigenvalue weighted by Crippen LogP contribution is 2.25. The number of carbonyl (C=O) groups excluding carboxylic acids is 1. The Hall–Kier alpha value is -1.46. The number of nitrogens with one attached hydrogen (secondary N) is 1. The van der Waals surface area contributed by atoms with E-state index >= 15 is 0 Å². The molecule has 0 saturated carbocycles. The third kappa shape index (κ3) is 2.86.